The maximum atomic E-state index is 10.7. The summed E-state index contributed by atoms with van der Waals surface area (Å²) in [4.78, 5) is 21.0. The van der Waals surface area contributed by atoms with Crippen molar-refractivity contribution < 1.29 is 19.8 Å². The third kappa shape index (κ3) is 8.16. The van der Waals surface area contributed by atoms with Gasteiger partial charge < -0.3 is 26.6 Å². The third-order valence-electron chi connectivity index (χ3n) is 1.96. The first kappa shape index (κ1) is 14.8. The number of nitrogens with two attached hydrogens (primary N) is 1. The van der Waals surface area contributed by atoms with Gasteiger partial charge in [-0.3, -0.25) is 9.59 Å². The van der Waals surface area contributed by atoms with Crippen LogP contribution in [-0.2, 0) is 9.59 Å². The minimum atomic E-state index is -1.03. The topological polar surface area (TPSA) is 125 Å². The summed E-state index contributed by atoms with van der Waals surface area (Å²) in [6.07, 6.45) is -0.0677. The molecule has 0 aliphatic heterocycles. The van der Waals surface area contributed by atoms with Gasteiger partial charge in [0.1, 0.15) is 6.04 Å². The lowest BCUT2D eigenvalue weighted by atomic mass is 10.1. The van der Waals surface area contributed by atoms with Gasteiger partial charge in [0.05, 0.1) is 0 Å². The van der Waals surface area contributed by atoms with Crippen LogP contribution >= 0.6 is 0 Å². The number of hydrogen-bond donors (Lipinski definition) is 5. The van der Waals surface area contributed by atoms with E-state index < -0.39 is 18.0 Å². The third-order valence-corrected chi connectivity index (χ3v) is 1.96. The Morgan fingerprint density at radius 1 is 1.19 bits per heavy atom. The van der Waals surface area contributed by atoms with Crippen molar-refractivity contribution in [3.63, 3.8) is 0 Å². The SMILES string of the molecule is NCCNCCN[C@@H](CCC(=O)O)C(=O)O. The minimum absolute atomic E-state index is 0.0849. The zero-order valence-corrected chi connectivity index (χ0v) is 9.11. The molecule has 0 spiro atoms. The van der Waals surface area contributed by atoms with Crippen LogP contribution in [0.3, 0.4) is 0 Å². The standard InChI is InChI=1S/C9H19N3O4/c10-3-4-11-5-6-12-7(9(15)16)1-2-8(13)14/h7,11-12H,1-6,10H2,(H,13,14)(H,15,16)/t7-/m0/s1. The number of hydrogen-bond acceptors (Lipinski definition) is 5. The lowest BCUT2D eigenvalue weighted by molar-refractivity contribution is -0.140. The van der Waals surface area contributed by atoms with Gasteiger partial charge >= 0.3 is 11.9 Å². The minimum Gasteiger partial charge on any atom is -0.481 e. The Bertz CT molecular complexity index is 223. The van der Waals surface area contributed by atoms with Gasteiger partial charge in [-0.25, -0.2) is 0 Å². The highest BCUT2D eigenvalue weighted by molar-refractivity contribution is 5.75. The lowest BCUT2D eigenvalue weighted by Gasteiger charge is -2.13. The normalized spacial score (nSPS) is 12.3. The first-order chi connectivity index (χ1) is 7.57. The monoisotopic (exact) mass is 233 g/mol. The fourth-order valence-electron chi connectivity index (χ4n) is 1.14. The summed E-state index contributed by atoms with van der Waals surface area (Å²) in [6.45, 7) is 2.28. The van der Waals surface area contributed by atoms with E-state index in [1.54, 1.807) is 0 Å². The van der Waals surface area contributed by atoms with Crippen molar-refractivity contribution in [2.24, 2.45) is 5.73 Å². The predicted molar refractivity (Wildman–Crippen MR) is 58.2 cm³/mol. The number of carbonyl (C=O) groups is 2. The lowest BCUT2D eigenvalue weighted by Crippen LogP contribution is -2.41. The molecular formula is C9H19N3O4. The molecule has 0 saturated heterocycles. The van der Waals surface area contributed by atoms with Crippen LogP contribution in [0.2, 0.25) is 0 Å². The maximum absolute atomic E-state index is 10.7. The number of carboxylic acid groups (broad SMARTS) is 2. The highest BCUT2D eigenvalue weighted by Gasteiger charge is 2.17. The van der Waals surface area contributed by atoms with Crippen molar-refractivity contribution in [2.45, 2.75) is 18.9 Å². The summed E-state index contributed by atoms with van der Waals surface area (Å²) in [5, 5.41) is 23.0. The molecule has 0 radical (unpaired) electrons. The molecule has 0 fully saturated rings. The summed E-state index contributed by atoms with van der Waals surface area (Å²) >= 11 is 0. The van der Waals surface area contributed by atoms with Crippen LogP contribution in [0.5, 0.6) is 0 Å². The van der Waals surface area contributed by atoms with Crippen molar-refractivity contribution in [2.75, 3.05) is 26.2 Å². The van der Waals surface area contributed by atoms with Crippen LogP contribution in [0.25, 0.3) is 0 Å². The molecule has 16 heavy (non-hydrogen) atoms. The van der Waals surface area contributed by atoms with Gasteiger partial charge in [-0.05, 0) is 6.42 Å². The van der Waals surface area contributed by atoms with Crippen LogP contribution in [0.4, 0.5) is 0 Å². The predicted octanol–water partition coefficient (Wildman–Crippen LogP) is -1.56. The average Bonchev–Trinajstić information content (AvgIpc) is 2.21. The molecule has 94 valence electrons. The molecule has 0 aromatic heterocycles. The summed E-state index contributed by atoms with van der Waals surface area (Å²) in [7, 11) is 0. The first-order valence-corrected chi connectivity index (χ1v) is 5.16. The Hall–Kier alpha value is -1.18. The summed E-state index contributed by atoms with van der Waals surface area (Å²) in [5.41, 5.74) is 5.26. The molecule has 7 heteroatoms. The smallest absolute Gasteiger partial charge is 0.320 e. The zero-order valence-electron chi connectivity index (χ0n) is 9.11. The molecule has 0 rings (SSSR count). The number of rotatable bonds is 10. The van der Waals surface area contributed by atoms with E-state index in [1.807, 2.05) is 0 Å². The summed E-state index contributed by atoms with van der Waals surface area (Å²) in [5.74, 6) is -2.02. The van der Waals surface area contributed by atoms with E-state index in [1.165, 1.54) is 0 Å². The second kappa shape index (κ2) is 9.08. The Labute approximate surface area is 94.0 Å². The van der Waals surface area contributed by atoms with Crippen molar-refractivity contribution in [3.05, 3.63) is 0 Å². The molecule has 0 unspecified atom stereocenters. The van der Waals surface area contributed by atoms with Crippen molar-refractivity contribution in [1.82, 2.24) is 10.6 Å². The molecule has 0 bridgehead atoms. The molecule has 7 nitrogen and oxygen atoms in total. The van der Waals surface area contributed by atoms with Gasteiger partial charge in [-0.1, -0.05) is 0 Å². The summed E-state index contributed by atoms with van der Waals surface area (Å²) in [6, 6.07) is -0.809. The number of nitrogens with one attached hydrogen (secondary N) is 2. The molecule has 0 amide bonds. The molecule has 0 aliphatic carbocycles. The van der Waals surface area contributed by atoms with Gasteiger partial charge in [0.2, 0.25) is 0 Å². The van der Waals surface area contributed by atoms with Crippen LogP contribution in [0.15, 0.2) is 0 Å². The molecule has 0 aromatic carbocycles. The van der Waals surface area contributed by atoms with Crippen molar-refractivity contribution in [1.29, 1.82) is 0 Å². The molecule has 0 aromatic rings. The molecule has 0 heterocycles. The van der Waals surface area contributed by atoms with E-state index in [4.69, 9.17) is 15.9 Å². The van der Waals surface area contributed by atoms with E-state index in [-0.39, 0.29) is 12.8 Å². The van der Waals surface area contributed by atoms with Gasteiger partial charge in [-0.15, -0.1) is 0 Å². The average molecular weight is 233 g/mol. The van der Waals surface area contributed by atoms with E-state index >= 15 is 0 Å². The molecule has 1 atom stereocenters. The van der Waals surface area contributed by atoms with Crippen molar-refractivity contribution >= 4 is 11.9 Å². The van der Waals surface area contributed by atoms with Gasteiger partial charge in [0.15, 0.2) is 0 Å². The first-order valence-electron chi connectivity index (χ1n) is 5.16. The molecule has 0 aliphatic rings. The van der Waals surface area contributed by atoms with E-state index in [2.05, 4.69) is 10.6 Å². The summed E-state index contributed by atoms with van der Waals surface area (Å²) < 4.78 is 0. The Morgan fingerprint density at radius 2 is 1.88 bits per heavy atom. The molecule has 0 saturated carbocycles. The van der Waals surface area contributed by atoms with Gasteiger partial charge in [0.25, 0.3) is 0 Å². The fourth-order valence-corrected chi connectivity index (χ4v) is 1.14. The molecule has 6 N–H and O–H groups in total. The number of aliphatic carboxylic acids is 2. The van der Waals surface area contributed by atoms with Crippen LogP contribution in [-0.4, -0.2) is 54.4 Å². The van der Waals surface area contributed by atoms with E-state index in [0.717, 1.165) is 0 Å². The van der Waals surface area contributed by atoms with Crippen molar-refractivity contribution in [3.8, 4) is 0 Å². The zero-order chi connectivity index (χ0) is 12.4. The highest BCUT2D eigenvalue weighted by atomic mass is 16.4. The number of carboxylic acids is 2. The van der Waals surface area contributed by atoms with E-state index in [9.17, 15) is 9.59 Å². The Morgan fingerprint density at radius 3 is 2.38 bits per heavy atom. The van der Waals surface area contributed by atoms with Gasteiger partial charge in [0, 0.05) is 32.6 Å². The highest BCUT2D eigenvalue weighted by Crippen LogP contribution is 1.97. The fraction of sp³-hybridized carbons (Fsp3) is 0.778. The second-order valence-electron chi connectivity index (χ2n) is 3.32. The van der Waals surface area contributed by atoms with E-state index in [0.29, 0.717) is 26.2 Å². The second-order valence-corrected chi connectivity index (χ2v) is 3.32. The largest absolute Gasteiger partial charge is 0.481 e. The Balaban J connectivity index is 3.68. The Kier molecular flexibility index (Phi) is 8.41. The quantitative estimate of drug-likeness (QED) is 0.289. The van der Waals surface area contributed by atoms with Crippen LogP contribution in [0, 0.1) is 0 Å². The van der Waals surface area contributed by atoms with Crippen LogP contribution < -0.4 is 16.4 Å². The molecular weight excluding hydrogens is 214 g/mol. The van der Waals surface area contributed by atoms with Crippen LogP contribution in [0.1, 0.15) is 12.8 Å². The maximum Gasteiger partial charge on any atom is 0.320 e. The van der Waals surface area contributed by atoms with Gasteiger partial charge in [-0.2, -0.15) is 0 Å².